The van der Waals surface area contributed by atoms with Gasteiger partial charge in [0, 0.05) is 17.6 Å². The lowest BCUT2D eigenvalue weighted by atomic mass is 9.98. The molecule has 3 aromatic rings. The quantitative estimate of drug-likeness (QED) is 0.536. The third kappa shape index (κ3) is 3.93. The van der Waals surface area contributed by atoms with Gasteiger partial charge in [-0.05, 0) is 23.3 Å². The lowest BCUT2D eigenvalue weighted by Crippen LogP contribution is -2.32. The van der Waals surface area contributed by atoms with E-state index in [9.17, 15) is 4.79 Å². The molecule has 0 aromatic heterocycles. The van der Waals surface area contributed by atoms with E-state index in [0.29, 0.717) is 12.2 Å². The van der Waals surface area contributed by atoms with Crippen molar-refractivity contribution in [2.45, 2.75) is 12.5 Å². The van der Waals surface area contributed by atoms with Crippen molar-refractivity contribution in [1.82, 2.24) is 5.32 Å². The minimum atomic E-state index is -0.0771. The fraction of sp³-hybridized carbons (Fsp3) is 0.125. The maximum atomic E-state index is 13.2. The summed E-state index contributed by atoms with van der Waals surface area (Å²) in [6.45, 7) is 0.602. The summed E-state index contributed by atoms with van der Waals surface area (Å²) in [6, 6.07) is 27.5. The highest BCUT2D eigenvalue weighted by Gasteiger charge is 2.24. The Labute approximate surface area is 159 Å². The maximum absolute atomic E-state index is 13.2. The molecule has 134 valence electrons. The van der Waals surface area contributed by atoms with Crippen molar-refractivity contribution in [3.05, 3.63) is 102 Å². The van der Waals surface area contributed by atoms with Crippen LogP contribution in [-0.2, 0) is 4.79 Å². The molecule has 0 fully saturated rings. The molecule has 1 unspecified atom stereocenters. The molecule has 1 heterocycles. The molecule has 1 atom stereocenters. The van der Waals surface area contributed by atoms with Gasteiger partial charge in [0.15, 0.2) is 0 Å². The molecule has 0 radical (unpaired) electrons. The first-order valence-electron chi connectivity index (χ1n) is 9.16. The molecule has 0 aliphatic carbocycles. The Balaban J connectivity index is 1.65. The molecule has 0 bridgehead atoms. The van der Waals surface area contributed by atoms with Crippen LogP contribution in [0.5, 0.6) is 5.75 Å². The molecule has 1 N–H and O–H groups in total. The summed E-state index contributed by atoms with van der Waals surface area (Å²) in [5.74, 6) is 0.772. The molecule has 0 saturated heterocycles. The number of hydrogen-bond acceptors (Lipinski definition) is 2. The Morgan fingerprint density at radius 2 is 1.56 bits per heavy atom. The van der Waals surface area contributed by atoms with Crippen LogP contribution in [0.4, 0.5) is 0 Å². The lowest BCUT2D eigenvalue weighted by molar-refractivity contribution is -0.116. The van der Waals surface area contributed by atoms with Gasteiger partial charge in [0.1, 0.15) is 5.75 Å². The predicted molar refractivity (Wildman–Crippen MR) is 108 cm³/mol. The standard InChI is InChI=1S/C24H21NO2/c26-24(25-22-15-16-27-23-14-8-7-13-20(22)23)21(19-11-5-2-6-12-19)17-18-9-3-1-4-10-18/h1-14,17,22H,15-16H2,(H,25,26)/b21-17-. The highest BCUT2D eigenvalue weighted by atomic mass is 16.5. The zero-order valence-corrected chi connectivity index (χ0v) is 15.0. The molecule has 0 spiro atoms. The van der Waals surface area contributed by atoms with Crippen molar-refractivity contribution < 1.29 is 9.53 Å². The fourth-order valence-corrected chi connectivity index (χ4v) is 3.34. The van der Waals surface area contributed by atoms with Crippen molar-refractivity contribution in [2.24, 2.45) is 0 Å². The first-order valence-corrected chi connectivity index (χ1v) is 9.16. The highest BCUT2D eigenvalue weighted by Crippen LogP contribution is 2.32. The van der Waals surface area contributed by atoms with Crippen molar-refractivity contribution in [1.29, 1.82) is 0 Å². The number of ether oxygens (including phenoxy) is 1. The molecule has 1 amide bonds. The Morgan fingerprint density at radius 3 is 2.33 bits per heavy atom. The normalized spacial score (nSPS) is 16.1. The highest BCUT2D eigenvalue weighted by molar-refractivity contribution is 6.24. The second-order valence-corrected chi connectivity index (χ2v) is 6.54. The van der Waals surface area contributed by atoms with Gasteiger partial charge in [0.05, 0.1) is 12.6 Å². The molecular weight excluding hydrogens is 334 g/mol. The fourth-order valence-electron chi connectivity index (χ4n) is 3.34. The Kier molecular flexibility index (Phi) is 5.01. The van der Waals surface area contributed by atoms with E-state index in [1.54, 1.807) is 0 Å². The van der Waals surface area contributed by atoms with Crippen LogP contribution in [0.3, 0.4) is 0 Å². The van der Waals surface area contributed by atoms with Crippen molar-refractivity contribution in [3.8, 4) is 5.75 Å². The monoisotopic (exact) mass is 355 g/mol. The minimum Gasteiger partial charge on any atom is -0.493 e. The van der Waals surface area contributed by atoms with E-state index in [0.717, 1.165) is 28.9 Å². The maximum Gasteiger partial charge on any atom is 0.252 e. The molecule has 1 aliphatic heterocycles. The third-order valence-corrected chi connectivity index (χ3v) is 4.70. The molecular formula is C24H21NO2. The first-order chi connectivity index (χ1) is 13.3. The summed E-state index contributed by atoms with van der Waals surface area (Å²) >= 11 is 0. The molecule has 3 aromatic carbocycles. The Hall–Kier alpha value is -3.33. The van der Waals surface area contributed by atoms with Crippen LogP contribution in [-0.4, -0.2) is 12.5 Å². The minimum absolute atomic E-state index is 0.0506. The smallest absolute Gasteiger partial charge is 0.252 e. The lowest BCUT2D eigenvalue weighted by Gasteiger charge is -2.27. The molecule has 4 rings (SSSR count). The van der Waals surface area contributed by atoms with Gasteiger partial charge in [-0.1, -0.05) is 78.9 Å². The zero-order valence-electron chi connectivity index (χ0n) is 15.0. The number of fused-ring (bicyclic) bond motifs is 1. The second kappa shape index (κ2) is 7.92. The van der Waals surface area contributed by atoms with E-state index in [1.165, 1.54) is 0 Å². The summed E-state index contributed by atoms with van der Waals surface area (Å²) in [6.07, 6.45) is 2.70. The molecule has 27 heavy (non-hydrogen) atoms. The SMILES string of the molecule is O=C(NC1CCOc2ccccc21)/C(=C\c1ccccc1)c1ccccc1. The van der Waals surface area contributed by atoms with Crippen LogP contribution >= 0.6 is 0 Å². The Bertz CT molecular complexity index is 948. The van der Waals surface area contributed by atoms with Gasteiger partial charge < -0.3 is 10.1 Å². The summed E-state index contributed by atoms with van der Waals surface area (Å²) in [7, 11) is 0. The summed E-state index contributed by atoms with van der Waals surface area (Å²) in [4.78, 5) is 13.2. The average molecular weight is 355 g/mol. The largest absolute Gasteiger partial charge is 0.493 e. The topological polar surface area (TPSA) is 38.3 Å². The summed E-state index contributed by atoms with van der Waals surface area (Å²) < 4.78 is 5.71. The van der Waals surface area contributed by atoms with Gasteiger partial charge in [0.2, 0.25) is 0 Å². The number of hydrogen-bond donors (Lipinski definition) is 1. The molecule has 3 nitrogen and oxygen atoms in total. The van der Waals surface area contributed by atoms with E-state index in [2.05, 4.69) is 5.32 Å². The van der Waals surface area contributed by atoms with Crippen LogP contribution in [0.2, 0.25) is 0 Å². The van der Waals surface area contributed by atoms with E-state index in [4.69, 9.17) is 4.74 Å². The van der Waals surface area contributed by atoms with E-state index in [-0.39, 0.29) is 11.9 Å². The van der Waals surface area contributed by atoms with Crippen LogP contribution < -0.4 is 10.1 Å². The van der Waals surface area contributed by atoms with Crippen LogP contribution in [0.25, 0.3) is 11.6 Å². The first kappa shape index (κ1) is 17.1. The second-order valence-electron chi connectivity index (χ2n) is 6.54. The number of carbonyl (C=O) groups excluding carboxylic acids is 1. The number of nitrogens with one attached hydrogen (secondary N) is 1. The number of para-hydroxylation sites is 1. The van der Waals surface area contributed by atoms with Crippen LogP contribution in [0, 0.1) is 0 Å². The van der Waals surface area contributed by atoms with Gasteiger partial charge in [-0.2, -0.15) is 0 Å². The van der Waals surface area contributed by atoms with Gasteiger partial charge in [-0.15, -0.1) is 0 Å². The number of amides is 1. The van der Waals surface area contributed by atoms with E-state index >= 15 is 0 Å². The van der Waals surface area contributed by atoms with Crippen molar-refractivity contribution >= 4 is 17.6 Å². The predicted octanol–water partition coefficient (Wildman–Crippen LogP) is 4.87. The third-order valence-electron chi connectivity index (χ3n) is 4.70. The molecule has 3 heteroatoms. The number of rotatable bonds is 4. The van der Waals surface area contributed by atoms with Crippen molar-refractivity contribution in [3.63, 3.8) is 0 Å². The number of carbonyl (C=O) groups is 1. The van der Waals surface area contributed by atoms with E-state index < -0.39 is 0 Å². The van der Waals surface area contributed by atoms with Crippen LogP contribution in [0.15, 0.2) is 84.9 Å². The molecule has 1 aliphatic rings. The van der Waals surface area contributed by atoms with Gasteiger partial charge in [-0.25, -0.2) is 0 Å². The van der Waals surface area contributed by atoms with E-state index in [1.807, 2.05) is 91.0 Å². The van der Waals surface area contributed by atoms with Crippen LogP contribution in [0.1, 0.15) is 29.2 Å². The zero-order chi connectivity index (χ0) is 18.5. The number of benzene rings is 3. The molecule has 0 saturated carbocycles. The van der Waals surface area contributed by atoms with Gasteiger partial charge in [0.25, 0.3) is 5.91 Å². The van der Waals surface area contributed by atoms with Gasteiger partial charge in [-0.3, -0.25) is 4.79 Å². The summed E-state index contributed by atoms with van der Waals surface area (Å²) in [5.41, 5.74) is 3.59. The van der Waals surface area contributed by atoms with Gasteiger partial charge >= 0.3 is 0 Å². The Morgan fingerprint density at radius 1 is 0.889 bits per heavy atom. The summed E-state index contributed by atoms with van der Waals surface area (Å²) in [5, 5.41) is 3.21. The van der Waals surface area contributed by atoms with Crippen molar-refractivity contribution in [2.75, 3.05) is 6.61 Å². The average Bonchev–Trinajstić information content (AvgIpc) is 2.73.